The van der Waals surface area contributed by atoms with Crippen LogP contribution in [0.4, 0.5) is 0 Å². The topological polar surface area (TPSA) is 43.1 Å². The minimum absolute atomic E-state index is 0.162. The van der Waals surface area contributed by atoms with Crippen LogP contribution in [0.15, 0.2) is 11.6 Å². The highest BCUT2D eigenvalue weighted by Gasteiger charge is 2.35. The molecule has 0 aromatic carbocycles. The minimum Gasteiger partial charge on any atom is -0.370 e. The van der Waals surface area contributed by atoms with E-state index in [0.29, 0.717) is 12.3 Å². The Bertz CT molecular complexity index is 228. The third-order valence-electron chi connectivity index (χ3n) is 3.19. The summed E-state index contributed by atoms with van der Waals surface area (Å²) >= 11 is 0. The number of allylic oxidation sites excluding steroid dienone is 2. The predicted octanol–water partition coefficient (Wildman–Crippen LogP) is 1.85. The van der Waals surface area contributed by atoms with Gasteiger partial charge in [0.1, 0.15) is 0 Å². The van der Waals surface area contributed by atoms with Crippen molar-refractivity contribution in [3.63, 3.8) is 0 Å². The molecule has 0 fully saturated rings. The summed E-state index contributed by atoms with van der Waals surface area (Å²) in [5.41, 5.74) is 6.72. The number of amides is 1. The van der Waals surface area contributed by atoms with Gasteiger partial charge in [-0.05, 0) is 24.7 Å². The Morgan fingerprint density at radius 3 is 2.67 bits per heavy atom. The van der Waals surface area contributed by atoms with Gasteiger partial charge in [0, 0.05) is 6.42 Å². The zero-order chi connectivity index (χ0) is 9.35. The molecule has 2 nitrogen and oxygen atoms in total. The van der Waals surface area contributed by atoms with Crippen LogP contribution in [0.2, 0.25) is 0 Å². The zero-order valence-electron chi connectivity index (χ0n) is 8.05. The molecular formula is C10H17NO. The van der Waals surface area contributed by atoms with E-state index >= 15 is 0 Å². The van der Waals surface area contributed by atoms with Crippen molar-refractivity contribution < 1.29 is 4.79 Å². The third kappa shape index (κ3) is 1.52. The smallest absolute Gasteiger partial charge is 0.217 e. The lowest BCUT2D eigenvalue weighted by Gasteiger charge is -2.28. The highest BCUT2D eigenvalue weighted by molar-refractivity contribution is 5.74. The lowest BCUT2D eigenvalue weighted by atomic mass is 9.76. The van der Waals surface area contributed by atoms with Crippen LogP contribution < -0.4 is 5.73 Å². The lowest BCUT2D eigenvalue weighted by molar-refractivity contribution is -0.119. The highest BCUT2D eigenvalue weighted by atomic mass is 16.1. The molecule has 2 heteroatoms. The number of carbonyl (C=O) groups is 1. The molecule has 0 aromatic heterocycles. The molecule has 0 aliphatic heterocycles. The average molecular weight is 167 g/mol. The van der Waals surface area contributed by atoms with Gasteiger partial charge in [0.2, 0.25) is 5.91 Å². The first-order chi connectivity index (χ1) is 5.44. The number of carbonyl (C=O) groups excluding carboxylic acids is 1. The number of nitrogens with two attached hydrogens (primary N) is 1. The molecule has 1 rings (SSSR count). The molecule has 0 saturated heterocycles. The van der Waals surface area contributed by atoms with Gasteiger partial charge >= 0.3 is 0 Å². The molecule has 12 heavy (non-hydrogen) atoms. The first-order valence-electron chi connectivity index (χ1n) is 4.40. The molecule has 0 aromatic rings. The van der Waals surface area contributed by atoms with Crippen molar-refractivity contribution >= 4 is 5.91 Å². The molecule has 0 spiro atoms. The monoisotopic (exact) mass is 167 g/mol. The molecule has 0 saturated carbocycles. The second kappa shape index (κ2) is 2.92. The molecule has 0 radical (unpaired) electrons. The van der Waals surface area contributed by atoms with E-state index in [2.05, 4.69) is 26.8 Å². The van der Waals surface area contributed by atoms with Gasteiger partial charge in [-0.25, -0.2) is 0 Å². The van der Waals surface area contributed by atoms with E-state index in [-0.39, 0.29) is 11.3 Å². The van der Waals surface area contributed by atoms with Gasteiger partial charge in [-0.1, -0.05) is 25.5 Å². The van der Waals surface area contributed by atoms with Crippen molar-refractivity contribution in [2.24, 2.45) is 17.1 Å². The summed E-state index contributed by atoms with van der Waals surface area (Å²) < 4.78 is 0. The quantitative estimate of drug-likeness (QED) is 0.627. The van der Waals surface area contributed by atoms with Gasteiger partial charge in [0.05, 0.1) is 0 Å². The number of hydrogen-bond donors (Lipinski definition) is 1. The second-order valence-electron chi connectivity index (χ2n) is 4.21. The average Bonchev–Trinajstić information content (AvgIpc) is 2.15. The summed E-state index contributed by atoms with van der Waals surface area (Å²) in [6, 6.07) is 0. The summed E-state index contributed by atoms with van der Waals surface area (Å²) in [7, 11) is 0. The summed E-state index contributed by atoms with van der Waals surface area (Å²) in [5, 5.41) is 0. The maximum atomic E-state index is 10.7. The second-order valence-corrected chi connectivity index (χ2v) is 4.21. The van der Waals surface area contributed by atoms with Crippen LogP contribution in [0.3, 0.4) is 0 Å². The van der Waals surface area contributed by atoms with E-state index in [1.165, 1.54) is 5.57 Å². The largest absolute Gasteiger partial charge is 0.370 e. The van der Waals surface area contributed by atoms with Crippen LogP contribution in [0.1, 0.15) is 33.6 Å². The molecule has 0 bridgehead atoms. The van der Waals surface area contributed by atoms with Crippen molar-refractivity contribution in [1.29, 1.82) is 0 Å². The van der Waals surface area contributed by atoms with Crippen molar-refractivity contribution in [3.8, 4) is 0 Å². The molecular weight excluding hydrogens is 150 g/mol. The summed E-state index contributed by atoms with van der Waals surface area (Å²) in [6.07, 6.45) is 3.73. The summed E-state index contributed by atoms with van der Waals surface area (Å²) in [4.78, 5) is 10.7. The summed E-state index contributed by atoms with van der Waals surface area (Å²) in [5.74, 6) is 0.228. The number of primary amides is 1. The maximum Gasteiger partial charge on any atom is 0.217 e. The van der Waals surface area contributed by atoms with Gasteiger partial charge in [0.25, 0.3) is 0 Å². The zero-order valence-corrected chi connectivity index (χ0v) is 8.05. The fourth-order valence-corrected chi connectivity index (χ4v) is 1.78. The molecule has 2 N–H and O–H groups in total. The Morgan fingerprint density at radius 1 is 1.75 bits per heavy atom. The highest BCUT2D eigenvalue weighted by Crippen LogP contribution is 2.44. The van der Waals surface area contributed by atoms with Crippen LogP contribution in [0.5, 0.6) is 0 Å². The molecule has 0 heterocycles. The van der Waals surface area contributed by atoms with Gasteiger partial charge in [0.15, 0.2) is 0 Å². The van der Waals surface area contributed by atoms with Crippen molar-refractivity contribution in [1.82, 2.24) is 0 Å². The van der Waals surface area contributed by atoms with Crippen LogP contribution in [-0.2, 0) is 4.79 Å². The summed E-state index contributed by atoms with van der Waals surface area (Å²) in [6.45, 7) is 6.49. The molecule has 1 atom stereocenters. The number of hydrogen-bond acceptors (Lipinski definition) is 1. The lowest BCUT2D eigenvalue weighted by Crippen LogP contribution is -2.25. The van der Waals surface area contributed by atoms with Crippen LogP contribution in [0, 0.1) is 11.3 Å². The van der Waals surface area contributed by atoms with Gasteiger partial charge < -0.3 is 5.73 Å². The molecule has 0 unspecified atom stereocenters. The van der Waals surface area contributed by atoms with Crippen molar-refractivity contribution in [2.75, 3.05) is 0 Å². The predicted molar refractivity (Wildman–Crippen MR) is 49.5 cm³/mol. The standard InChI is InChI=1S/C10H17NO/c1-7-4-5-8(6-9(11)12)10(7,2)3/h4,8H,5-6H2,1-3H3,(H2,11,12)/t8-/m1/s1. The molecule has 68 valence electrons. The van der Waals surface area contributed by atoms with E-state index in [1.54, 1.807) is 0 Å². The van der Waals surface area contributed by atoms with Crippen molar-refractivity contribution in [2.45, 2.75) is 33.6 Å². The molecule has 1 aliphatic carbocycles. The SMILES string of the molecule is CC1=CC[C@H](CC(N)=O)C1(C)C. The van der Waals surface area contributed by atoms with Crippen molar-refractivity contribution in [3.05, 3.63) is 11.6 Å². The molecule has 1 aliphatic rings. The molecule has 1 amide bonds. The minimum atomic E-state index is -0.184. The van der Waals surface area contributed by atoms with E-state index in [4.69, 9.17) is 5.73 Å². The van der Waals surface area contributed by atoms with Gasteiger partial charge in [-0.3, -0.25) is 4.79 Å². The van der Waals surface area contributed by atoms with Gasteiger partial charge in [-0.2, -0.15) is 0 Å². The van der Waals surface area contributed by atoms with E-state index in [9.17, 15) is 4.79 Å². The van der Waals surface area contributed by atoms with Crippen LogP contribution in [0.25, 0.3) is 0 Å². The maximum absolute atomic E-state index is 10.7. The van der Waals surface area contributed by atoms with Gasteiger partial charge in [-0.15, -0.1) is 0 Å². The first-order valence-corrected chi connectivity index (χ1v) is 4.40. The van der Waals surface area contributed by atoms with Crippen LogP contribution >= 0.6 is 0 Å². The first kappa shape index (κ1) is 9.30. The Morgan fingerprint density at radius 2 is 2.33 bits per heavy atom. The van der Waals surface area contributed by atoms with E-state index in [0.717, 1.165) is 6.42 Å². The fraction of sp³-hybridized carbons (Fsp3) is 0.700. The fourth-order valence-electron chi connectivity index (χ4n) is 1.78. The Labute approximate surface area is 73.8 Å². The van der Waals surface area contributed by atoms with E-state index < -0.39 is 0 Å². The van der Waals surface area contributed by atoms with Crippen LogP contribution in [-0.4, -0.2) is 5.91 Å². The third-order valence-corrected chi connectivity index (χ3v) is 3.19. The normalized spacial score (nSPS) is 26.9. The Kier molecular flexibility index (Phi) is 2.27. The number of rotatable bonds is 2. The van der Waals surface area contributed by atoms with E-state index in [1.807, 2.05) is 0 Å². The Hall–Kier alpha value is -0.790. The Balaban J connectivity index is 2.67.